The van der Waals surface area contributed by atoms with Crippen LogP contribution < -0.4 is 16.2 Å². The maximum Gasteiger partial charge on any atom is 0.321 e. The number of imide groups is 1. The Hall–Kier alpha value is -2.22. The van der Waals surface area contributed by atoms with Crippen LogP contribution in [0, 0.1) is 5.92 Å². The van der Waals surface area contributed by atoms with Gasteiger partial charge in [-0.3, -0.25) is 19.5 Å². The van der Waals surface area contributed by atoms with Crippen molar-refractivity contribution in [1.82, 2.24) is 20.2 Å². The summed E-state index contributed by atoms with van der Waals surface area (Å²) in [7, 11) is 0. The van der Waals surface area contributed by atoms with Crippen LogP contribution in [0.4, 0.5) is 4.79 Å². The van der Waals surface area contributed by atoms with Gasteiger partial charge in [-0.05, 0) is 37.2 Å². The second-order valence-electron chi connectivity index (χ2n) is 6.70. The van der Waals surface area contributed by atoms with E-state index in [0.29, 0.717) is 17.8 Å². The average Bonchev–Trinajstić information content (AvgIpc) is 3.10. The van der Waals surface area contributed by atoms with Crippen LogP contribution in [-0.4, -0.2) is 28.0 Å². The second kappa shape index (κ2) is 7.35. The van der Waals surface area contributed by atoms with E-state index in [1.165, 1.54) is 15.8 Å². The number of urea groups is 1. The molecule has 0 atom stereocenters. The summed E-state index contributed by atoms with van der Waals surface area (Å²) in [6, 6.07) is -0.538. The minimum absolute atomic E-state index is 0.209. The van der Waals surface area contributed by atoms with Crippen LogP contribution in [0.3, 0.4) is 0 Å². The fourth-order valence-electron chi connectivity index (χ4n) is 2.97. The molecule has 0 saturated carbocycles. The van der Waals surface area contributed by atoms with E-state index in [0.717, 1.165) is 36.1 Å². The molecule has 25 heavy (non-hydrogen) atoms. The number of carbonyl (C=O) groups excluding carboxylic acids is 2. The first-order valence-corrected chi connectivity index (χ1v) is 9.34. The van der Waals surface area contributed by atoms with Crippen LogP contribution in [0.5, 0.6) is 0 Å². The Balaban J connectivity index is 1.66. The van der Waals surface area contributed by atoms with Crippen LogP contribution in [-0.2, 0) is 24.2 Å². The van der Waals surface area contributed by atoms with Crippen LogP contribution in [0.25, 0.3) is 10.2 Å². The molecule has 1 aliphatic carbocycles. The van der Waals surface area contributed by atoms with Gasteiger partial charge >= 0.3 is 6.03 Å². The predicted molar refractivity (Wildman–Crippen MR) is 96.9 cm³/mol. The van der Waals surface area contributed by atoms with E-state index in [9.17, 15) is 14.4 Å². The number of thiophene rings is 1. The van der Waals surface area contributed by atoms with Crippen molar-refractivity contribution in [2.24, 2.45) is 5.92 Å². The van der Waals surface area contributed by atoms with E-state index in [2.05, 4.69) is 29.5 Å². The van der Waals surface area contributed by atoms with Gasteiger partial charge in [-0.1, -0.05) is 13.8 Å². The fourth-order valence-corrected chi connectivity index (χ4v) is 4.19. The molecular formula is C17H22N4O3S. The van der Waals surface area contributed by atoms with E-state index >= 15 is 0 Å². The zero-order valence-electron chi connectivity index (χ0n) is 14.4. The molecule has 2 N–H and O–H groups in total. The second-order valence-corrected chi connectivity index (χ2v) is 7.79. The number of nitrogens with zero attached hydrogens (tertiary/aromatic N) is 2. The molecule has 0 aliphatic heterocycles. The van der Waals surface area contributed by atoms with Gasteiger partial charge in [0.15, 0.2) is 0 Å². The molecular weight excluding hydrogens is 340 g/mol. The zero-order valence-corrected chi connectivity index (χ0v) is 15.2. The number of amides is 3. The first-order valence-electron chi connectivity index (χ1n) is 8.53. The Kier molecular flexibility index (Phi) is 5.17. The molecule has 2 heterocycles. The van der Waals surface area contributed by atoms with Crippen LogP contribution in [0.2, 0.25) is 0 Å². The fraction of sp³-hybridized carbons (Fsp3) is 0.529. The number of rotatable bonds is 5. The van der Waals surface area contributed by atoms with Crippen molar-refractivity contribution in [3.05, 3.63) is 27.1 Å². The van der Waals surface area contributed by atoms with Gasteiger partial charge in [0, 0.05) is 11.4 Å². The molecule has 0 radical (unpaired) electrons. The molecule has 0 fully saturated rings. The zero-order chi connectivity index (χ0) is 18.0. The standard InChI is InChI=1S/C17H22N4O3S/c1-10(2)6-7-18-17(24)20-13(22)8-21-9-19-15-14(16(21)23)11-4-3-5-12(11)25-15/h9-10H,3-8H2,1-2H3,(H2,18,20,22,24). The maximum atomic E-state index is 12.7. The number of fused-ring (bicyclic) bond motifs is 3. The number of nitrogens with one attached hydrogen (secondary N) is 2. The average molecular weight is 362 g/mol. The molecule has 2 aromatic heterocycles. The molecule has 1 aliphatic rings. The molecule has 0 spiro atoms. The first-order chi connectivity index (χ1) is 12.0. The normalized spacial score (nSPS) is 13.2. The summed E-state index contributed by atoms with van der Waals surface area (Å²) in [5, 5.41) is 5.52. The van der Waals surface area contributed by atoms with E-state index < -0.39 is 11.9 Å². The lowest BCUT2D eigenvalue weighted by atomic mass is 10.1. The van der Waals surface area contributed by atoms with Gasteiger partial charge < -0.3 is 5.32 Å². The smallest absolute Gasteiger partial charge is 0.321 e. The van der Waals surface area contributed by atoms with E-state index in [4.69, 9.17) is 0 Å². The number of aryl methyl sites for hydroxylation is 2. The van der Waals surface area contributed by atoms with E-state index in [1.807, 2.05) is 0 Å². The molecule has 0 aromatic carbocycles. The van der Waals surface area contributed by atoms with Crippen molar-refractivity contribution < 1.29 is 9.59 Å². The monoisotopic (exact) mass is 362 g/mol. The lowest BCUT2D eigenvalue weighted by molar-refractivity contribution is -0.120. The summed E-state index contributed by atoms with van der Waals surface area (Å²) in [6.07, 6.45) is 5.16. The van der Waals surface area contributed by atoms with Gasteiger partial charge in [-0.2, -0.15) is 0 Å². The summed E-state index contributed by atoms with van der Waals surface area (Å²) in [5.41, 5.74) is 0.874. The Labute approximate surface area is 149 Å². The highest BCUT2D eigenvalue weighted by Crippen LogP contribution is 2.34. The topological polar surface area (TPSA) is 93.1 Å². The van der Waals surface area contributed by atoms with Gasteiger partial charge in [-0.15, -0.1) is 11.3 Å². The Morgan fingerprint density at radius 1 is 1.36 bits per heavy atom. The van der Waals surface area contributed by atoms with E-state index in [1.54, 1.807) is 11.3 Å². The van der Waals surface area contributed by atoms with Crippen molar-refractivity contribution >= 4 is 33.5 Å². The lowest BCUT2D eigenvalue weighted by Gasteiger charge is -2.09. The summed E-state index contributed by atoms with van der Waals surface area (Å²) in [5.74, 6) is -0.0584. The highest BCUT2D eigenvalue weighted by molar-refractivity contribution is 7.18. The molecule has 134 valence electrons. The van der Waals surface area contributed by atoms with Crippen molar-refractivity contribution in [1.29, 1.82) is 0 Å². The van der Waals surface area contributed by atoms with E-state index in [-0.39, 0.29) is 12.1 Å². The molecule has 3 rings (SSSR count). The molecule has 7 nitrogen and oxygen atoms in total. The van der Waals surface area contributed by atoms with Crippen LogP contribution in [0.1, 0.15) is 37.1 Å². The first kappa shape index (κ1) is 17.6. The highest BCUT2D eigenvalue weighted by Gasteiger charge is 2.21. The van der Waals surface area contributed by atoms with Crippen LogP contribution in [0.15, 0.2) is 11.1 Å². The Bertz CT molecular complexity index is 869. The summed E-state index contributed by atoms with van der Waals surface area (Å²) >= 11 is 1.56. The van der Waals surface area contributed by atoms with Gasteiger partial charge in [-0.25, -0.2) is 9.78 Å². The van der Waals surface area contributed by atoms with Gasteiger partial charge in [0.1, 0.15) is 11.4 Å². The number of carbonyl (C=O) groups is 2. The Morgan fingerprint density at radius 3 is 2.92 bits per heavy atom. The summed E-state index contributed by atoms with van der Waals surface area (Å²) in [6.45, 7) is 4.40. The highest BCUT2D eigenvalue weighted by atomic mass is 32.1. The number of hydrogen-bond acceptors (Lipinski definition) is 5. The van der Waals surface area contributed by atoms with Gasteiger partial charge in [0.05, 0.1) is 11.7 Å². The minimum Gasteiger partial charge on any atom is -0.338 e. The minimum atomic E-state index is -0.538. The molecule has 8 heteroatoms. The SMILES string of the molecule is CC(C)CCNC(=O)NC(=O)Cn1cnc2sc3c(c2c1=O)CCC3. The number of hydrogen-bond donors (Lipinski definition) is 2. The van der Waals surface area contributed by atoms with Crippen molar-refractivity contribution in [2.75, 3.05) is 6.54 Å². The van der Waals surface area contributed by atoms with Crippen molar-refractivity contribution in [3.8, 4) is 0 Å². The molecule has 2 aromatic rings. The quantitative estimate of drug-likeness (QED) is 0.848. The largest absolute Gasteiger partial charge is 0.338 e. The third kappa shape index (κ3) is 3.89. The summed E-state index contributed by atoms with van der Waals surface area (Å²) < 4.78 is 1.27. The van der Waals surface area contributed by atoms with Crippen LogP contribution >= 0.6 is 11.3 Å². The Morgan fingerprint density at radius 2 is 2.16 bits per heavy atom. The van der Waals surface area contributed by atoms with Gasteiger partial charge in [0.25, 0.3) is 5.56 Å². The summed E-state index contributed by atoms with van der Waals surface area (Å²) in [4.78, 5) is 42.6. The lowest BCUT2D eigenvalue weighted by Crippen LogP contribution is -2.42. The third-order valence-electron chi connectivity index (χ3n) is 4.27. The van der Waals surface area contributed by atoms with Gasteiger partial charge in [0.2, 0.25) is 5.91 Å². The third-order valence-corrected chi connectivity index (χ3v) is 5.47. The molecule has 0 unspecified atom stereocenters. The van der Waals surface area contributed by atoms with Crippen molar-refractivity contribution in [2.45, 2.75) is 46.1 Å². The van der Waals surface area contributed by atoms with Crippen molar-refractivity contribution in [3.63, 3.8) is 0 Å². The predicted octanol–water partition coefficient (Wildman–Crippen LogP) is 1.82. The molecule has 0 bridgehead atoms. The number of aromatic nitrogens is 2. The molecule has 0 saturated heterocycles. The molecule has 3 amide bonds. The maximum absolute atomic E-state index is 12.7.